The van der Waals surface area contributed by atoms with Gasteiger partial charge in [-0.3, -0.25) is 0 Å². The molecule has 0 aliphatic rings. The molecular formula is C12H21N3U+2. The molecule has 1 aromatic rings. The Hall–Kier alpha value is -0.328. The number of hydrogen-bond donors (Lipinski definition) is 0. The van der Waals surface area contributed by atoms with Crippen molar-refractivity contribution in [2.45, 2.75) is 20.8 Å². The third-order valence-corrected chi connectivity index (χ3v) is 2.38. The van der Waals surface area contributed by atoms with Gasteiger partial charge in [0, 0.05) is 12.3 Å². The molecule has 1 rings (SSSR count). The first-order valence-corrected chi connectivity index (χ1v) is 4.88. The van der Waals surface area contributed by atoms with Crippen molar-refractivity contribution in [3.05, 3.63) is 30.2 Å². The number of aromatic nitrogens is 2. The number of nitrogens with zero attached hydrogens (tertiary/aromatic N) is 3. The summed E-state index contributed by atoms with van der Waals surface area (Å²) in [5.74, 6) is 0. The van der Waals surface area contributed by atoms with Crippen LogP contribution in [-0.4, -0.2) is 22.5 Å². The molecule has 0 spiro atoms. The van der Waals surface area contributed by atoms with Crippen LogP contribution in [0.5, 0.6) is 0 Å². The molecular weight excluding hydrogens is 424 g/mol. The summed E-state index contributed by atoms with van der Waals surface area (Å²) >= 11 is 0. The number of allylic oxidation sites excluding steroid dienone is 1. The van der Waals surface area contributed by atoms with Crippen molar-refractivity contribution in [3.8, 4) is 0 Å². The van der Waals surface area contributed by atoms with Gasteiger partial charge in [-0.2, -0.15) is 10.4 Å². The van der Waals surface area contributed by atoms with Gasteiger partial charge in [0.1, 0.15) is 7.05 Å². The molecule has 0 aliphatic carbocycles. The van der Waals surface area contributed by atoms with Gasteiger partial charge in [0.05, 0.1) is 12.7 Å². The molecule has 0 unspecified atom stereocenters. The van der Waals surface area contributed by atoms with Gasteiger partial charge in [0.2, 0.25) is 0 Å². The summed E-state index contributed by atoms with van der Waals surface area (Å²) in [6.45, 7) is 11.1. The second kappa shape index (κ2) is 8.78. The van der Waals surface area contributed by atoms with Crippen LogP contribution >= 0.6 is 0 Å². The van der Waals surface area contributed by atoms with Crippen molar-refractivity contribution in [3.63, 3.8) is 0 Å². The largest absolute Gasteiger partial charge is 2.00 e. The van der Waals surface area contributed by atoms with Gasteiger partial charge < -0.3 is 11.2 Å². The first-order valence-electron chi connectivity index (χ1n) is 4.88. The molecule has 0 amide bonds. The second-order valence-corrected chi connectivity index (χ2v) is 3.48. The quantitative estimate of drug-likeness (QED) is 0.349. The third kappa shape index (κ3) is 6.30. The van der Waals surface area contributed by atoms with Crippen molar-refractivity contribution >= 4 is 6.21 Å². The predicted octanol–water partition coefficient (Wildman–Crippen LogP) is 1.09. The molecule has 1 aromatic heterocycles. The second-order valence-electron chi connectivity index (χ2n) is 3.48. The monoisotopic (exact) mass is 445 g/mol. The van der Waals surface area contributed by atoms with Crippen LogP contribution in [0.4, 0.5) is 0 Å². The molecule has 0 saturated heterocycles. The Morgan fingerprint density at radius 3 is 2.12 bits per heavy atom. The van der Waals surface area contributed by atoms with Gasteiger partial charge in [0.15, 0.2) is 13.2 Å². The van der Waals surface area contributed by atoms with Crippen molar-refractivity contribution < 1.29 is 40.4 Å². The SMILES string of the molecule is Cc1cc[n+](C)n1C.[CH-]=C(C)[N+](C)=[C-]C.[U+2]. The minimum absolute atomic E-state index is 0. The van der Waals surface area contributed by atoms with Crippen LogP contribution in [0.15, 0.2) is 18.0 Å². The van der Waals surface area contributed by atoms with Crippen LogP contribution in [0.3, 0.4) is 0 Å². The molecule has 0 aliphatic heterocycles. The van der Waals surface area contributed by atoms with Gasteiger partial charge in [-0.1, -0.05) is 13.8 Å². The van der Waals surface area contributed by atoms with E-state index in [1.807, 2.05) is 45.9 Å². The molecule has 16 heavy (non-hydrogen) atoms. The third-order valence-electron chi connectivity index (χ3n) is 2.38. The Balaban J connectivity index is 0. The van der Waals surface area contributed by atoms with Gasteiger partial charge in [-0.25, -0.2) is 0 Å². The van der Waals surface area contributed by atoms with Crippen molar-refractivity contribution in [2.24, 2.45) is 14.1 Å². The first-order chi connectivity index (χ1) is 6.90. The summed E-state index contributed by atoms with van der Waals surface area (Å²) in [5.41, 5.74) is 2.05. The number of hydrogen-bond acceptors (Lipinski definition) is 0. The number of aryl methyl sites for hydroxylation is 2. The molecule has 0 aromatic carbocycles. The fourth-order valence-electron chi connectivity index (χ4n) is 0.849. The van der Waals surface area contributed by atoms with Crippen LogP contribution < -0.4 is 4.68 Å². The molecule has 3 nitrogen and oxygen atoms in total. The maximum Gasteiger partial charge on any atom is 2.00 e. The Bertz CT molecular complexity index is 345. The van der Waals surface area contributed by atoms with Crippen LogP contribution in [0.2, 0.25) is 0 Å². The molecule has 4 heteroatoms. The van der Waals surface area contributed by atoms with E-state index in [-0.39, 0.29) is 31.1 Å². The minimum Gasteiger partial charge on any atom is -0.550 e. The standard InChI is InChI=1S/C6H11N2.C6H10N.U/c1-6-4-5-7(2)8(6)3;1-5-7(4)6(2)3;/h4-5H,1-3H3;2H,1,3-4H3;/q+1;-1;+2. The summed E-state index contributed by atoms with van der Waals surface area (Å²) in [5, 5.41) is 0. The molecule has 0 bridgehead atoms. The van der Waals surface area contributed by atoms with E-state index in [0.29, 0.717) is 0 Å². The van der Waals surface area contributed by atoms with Crippen LogP contribution in [0.1, 0.15) is 19.5 Å². The van der Waals surface area contributed by atoms with Gasteiger partial charge in [-0.15, -0.1) is 4.68 Å². The smallest absolute Gasteiger partial charge is 0.550 e. The minimum atomic E-state index is 0. The Morgan fingerprint density at radius 1 is 1.56 bits per heavy atom. The van der Waals surface area contributed by atoms with Gasteiger partial charge in [0.25, 0.3) is 0 Å². The fraction of sp³-hybridized carbons (Fsp3) is 0.500. The zero-order valence-electron chi connectivity index (χ0n) is 11.1. The zero-order valence-corrected chi connectivity index (χ0v) is 15.2. The van der Waals surface area contributed by atoms with E-state index in [9.17, 15) is 0 Å². The van der Waals surface area contributed by atoms with E-state index in [1.165, 1.54) is 5.69 Å². The summed E-state index contributed by atoms with van der Waals surface area (Å²) in [6.07, 6.45) is 4.87. The fourth-order valence-corrected chi connectivity index (χ4v) is 0.849. The molecule has 0 N–H and O–H groups in total. The van der Waals surface area contributed by atoms with E-state index in [0.717, 1.165) is 5.70 Å². The summed E-state index contributed by atoms with van der Waals surface area (Å²) in [4.78, 5) is 0. The normalized spacial score (nSPS) is 10.0. The van der Waals surface area contributed by atoms with Crippen molar-refractivity contribution in [1.29, 1.82) is 0 Å². The molecule has 0 atom stereocenters. The average Bonchev–Trinajstić information content (AvgIpc) is 2.49. The average molecular weight is 445 g/mol. The van der Waals surface area contributed by atoms with Gasteiger partial charge >= 0.3 is 31.1 Å². The van der Waals surface area contributed by atoms with Crippen LogP contribution in [0, 0.1) is 44.6 Å². The maximum atomic E-state index is 5.33. The summed E-state index contributed by atoms with van der Waals surface area (Å²) < 4.78 is 5.86. The van der Waals surface area contributed by atoms with E-state index < -0.39 is 0 Å². The Morgan fingerprint density at radius 2 is 2.06 bits per heavy atom. The Labute approximate surface area is 123 Å². The molecule has 0 fully saturated rings. The molecule has 86 valence electrons. The van der Waals surface area contributed by atoms with Crippen LogP contribution in [-0.2, 0) is 14.1 Å². The molecule has 1 heterocycles. The maximum absolute atomic E-state index is 5.33. The first kappa shape index (κ1) is 18.0. The van der Waals surface area contributed by atoms with E-state index >= 15 is 0 Å². The summed E-state index contributed by atoms with van der Waals surface area (Å²) in [6, 6.07) is 2.08. The van der Waals surface area contributed by atoms with Crippen molar-refractivity contribution in [2.75, 3.05) is 7.05 Å². The topological polar surface area (TPSA) is 11.8 Å². The van der Waals surface area contributed by atoms with Gasteiger partial charge in [-0.05, 0) is 6.92 Å². The van der Waals surface area contributed by atoms with Crippen LogP contribution in [0.25, 0.3) is 0 Å². The zero-order chi connectivity index (χ0) is 12.0. The Kier molecular flexibility index (Phi) is 9.91. The van der Waals surface area contributed by atoms with E-state index in [1.54, 1.807) is 4.58 Å². The molecule has 0 saturated carbocycles. The van der Waals surface area contributed by atoms with E-state index in [2.05, 4.69) is 23.9 Å². The molecule has 0 radical (unpaired) electrons. The van der Waals surface area contributed by atoms with E-state index in [4.69, 9.17) is 6.58 Å². The predicted molar refractivity (Wildman–Crippen MR) is 61.7 cm³/mol. The van der Waals surface area contributed by atoms with Crippen molar-refractivity contribution in [1.82, 2.24) is 4.68 Å². The summed E-state index contributed by atoms with van der Waals surface area (Å²) in [7, 11) is 5.91. The number of rotatable bonds is 1.